The van der Waals surface area contributed by atoms with E-state index in [1.54, 1.807) is 12.1 Å². The molecule has 6 nitrogen and oxygen atoms in total. The van der Waals surface area contributed by atoms with Crippen LogP contribution in [0.15, 0.2) is 24.3 Å². The molecule has 1 aromatic carbocycles. The summed E-state index contributed by atoms with van der Waals surface area (Å²) in [6, 6.07) is 5.84. The Bertz CT molecular complexity index is 719. The quantitative estimate of drug-likeness (QED) is 0.666. The van der Waals surface area contributed by atoms with Crippen LogP contribution in [0.5, 0.6) is 0 Å². The molecule has 0 spiro atoms. The van der Waals surface area contributed by atoms with Crippen molar-refractivity contribution < 1.29 is 14.0 Å². The van der Waals surface area contributed by atoms with Crippen LogP contribution >= 0.6 is 11.3 Å². The summed E-state index contributed by atoms with van der Waals surface area (Å²) in [4.78, 5) is 22.3. The van der Waals surface area contributed by atoms with Gasteiger partial charge in [-0.25, -0.2) is 4.39 Å². The first-order valence-electron chi connectivity index (χ1n) is 9.06. The third-order valence-electron chi connectivity index (χ3n) is 3.50. The minimum Gasteiger partial charge on any atom is -0.356 e. The molecule has 0 aliphatic heterocycles. The number of rotatable bonds is 8. The number of hydrogen-bond acceptors (Lipinski definition) is 5. The van der Waals surface area contributed by atoms with E-state index >= 15 is 0 Å². The summed E-state index contributed by atoms with van der Waals surface area (Å²) in [5.41, 5.74) is 0.789. The molecule has 1 unspecified atom stereocenters. The predicted octanol–water partition coefficient (Wildman–Crippen LogP) is 3.85. The standard InChI is InChI=1S/C17H21FN4O2S.C2H6/c1-11(23)19-10-4-3-5-15(20-12(2)24)17-22-21-16(25-17)13-6-8-14(18)9-7-13;1-2/h6-9,15H,3-5,10H2,1-2H3,(H,19,23)(H,20,24);1-2H3. The molecule has 2 aromatic rings. The molecule has 2 N–H and O–H groups in total. The van der Waals surface area contributed by atoms with Crippen LogP contribution in [0.2, 0.25) is 0 Å². The predicted molar refractivity (Wildman–Crippen MR) is 106 cm³/mol. The van der Waals surface area contributed by atoms with Gasteiger partial charge in [-0.3, -0.25) is 9.59 Å². The van der Waals surface area contributed by atoms with E-state index in [4.69, 9.17) is 0 Å². The summed E-state index contributed by atoms with van der Waals surface area (Å²) in [5, 5.41) is 15.4. The third-order valence-corrected chi connectivity index (χ3v) is 4.59. The number of halogens is 1. The summed E-state index contributed by atoms with van der Waals surface area (Å²) in [6.07, 6.45) is 2.35. The summed E-state index contributed by atoms with van der Waals surface area (Å²) < 4.78 is 13.0. The Labute approximate surface area is 163 Å². The van der Waals surface area contributed by atoms with Gasteiger partial charge in [0.05, 0.1) is 6.04 Å². The van der Waals surface area contributed by atoms with E-state index in [-0.39, 0.29) is 23.7 Å². The fourth-order valence-corrected chi connectivity index (χ4v) is 3.26. The molecular formula is C19H27FN4O2S. The molecule has 1 atom stereocenters. The molecule has 2 amide bonds. The minimum absolute atomic E-state index is 0.0496. The Morgan fingerprint density at radius 1 is 1.07 bits per heavy atom. The maximum atomic E-state index is 13.0. The zero-order valence-corrected chi connectivity index (χ0v) is 17.0. The van der Waals surface area contributed by atoms with Crippen molar-refractivity contribution in [3.63, 3.8) is 0 Å². The van der Waals surface area contributed by atoms with Crippen molar-refractivity contribution in [2.45, 2.75) is 53.0 Å². The molecule has 0 aliphatic rings. The van der Waals surface area contributed by atoms with Crippen LogP contribution in [-0.4, -0.2) is 28.6 Å². The molecule has 0 aliphatic carbocycles. The molecule has 1 aromatic heterocycles. The zero-order valence-electron chi connectivity index (χ0n) is 16.2. The number of unbranched alkanes of at least 4 members (excludes halogenated alkanes) is 1. The SMILES string of the molecule is CC.CC(=O)NCCCCC(NC(C)=O)c1nnc(-c2ccc(F)cc2)s1. The van der Waals surface area contributed by atoms with Gasteiger partial charge in [-0.05, 0) is 43.5 Å². The highest BCUT2D eigenvalue weighted by Crippen LogP contribution is 2.29. The molecule has 0 fully saturated rings. The lowest BCUT2D eigenvalue weighted by atomic mass is 10.1. The first-order chi connectivity index (χ1) is 13.0. The van der Waals surface area contributed by atoms with Crippen molar-refractivity contribution >= 4 is 23.2 Å². The number of hydrogen-bond donors (Lipinski definition) is 2. The monoisotopic (exact) mass is 394 g/mol. The van der Waals surface area contributed by atoms with Crippen LogP contribution in [0.3, 0.4) is 0 Å². The van der Waals surface area contributed by atoms with Crippen LogP contribution in [0.1, 0.15) is 58.0 Å². The highest BCUT2D eigenvalue weighted by molar-refractivity contribution is 7.14. The summed E-state index contributed by atoms with van der Waals surface area (Å²) in [5.74, 6) is -0.486. The summed E-state index contributed by atoms with van der Waals surface area (Å²) >= 11 is 1.38. The van der Waals surface area contributed by atoms with Gasteiger partial charge in [0, 0.05) is 26.0 Å². The van der Waals surface area contributed by atoms with E-state index in [0.717, 1.165) is 18.4 Å². The van der Waals surface area contributed by atoms with Crippen molar-refractivity contribution in [1.82, 2.24) is 20.8 Å². The molecule has 148 valence electrons. The van der Waals surface area contributed by atoms with E-state index in [1.807, 2.05) is 13.8 Å². The number of carbonyl (C=O) groups is 2. The highest BCUT2D eigenvalue weighted by atomic mass is 32.1. The second-order valence-electron chi connectivity index (χ2n) is 5.68. The van der Waals surface area contributed by atoms with Crippen LogP contribution in [0.25, 0.3) is 10.6 Å². The Kier molecular flexibility index (Phi) is 10.2. The van der Waals surface area contributed by atoms with Crippen molar-refractivity contribution in [3.05, 3.63) is 35.1 Å². The molecule has 2 rings (SSSR count). The van der Waals surface area contributed by atoms with E-state index < -0.39 is 0 Å². The van der Waals surface area contributed by atoms with Gasteiger partial charge in [0.1, 0.15) is 15.8 Å². The maximum Gasteiger partial charge on any atom is 0.217 e. The summed E-state index contributed by atoms with van der Waals surface area (Å²) in [7, 11) is 0. The molecule has 0 saturated heterocycles. The van der Waals surface area contributed by atoms with Crippen LogP contribution in [0, 0.1) is 5.82 Å². The third kappa shape index (κ3) is 8.25. The average molecular weight is 395 g/mol. The first kappa shape index (κ1) is 22.7. The normalized spacial score (nSPS) is 11.1. The van der Waals surface area contributed by atoms with Gasteiger partial charge >= 0.3 is 0 Å². The van der Waals surface area contributed by atoms with Gasteiger partial charge < -0.3 is 10.6 Å². The number of nitrogens with zero attached hydrogens (tertiary/aromatic N) is 2. The number of aromatic nitrogens is 2. The minimum atomic E-state index is -0.302. The van der Waals surface area contributed by atoms with E-state index in [9.17, 15) is 14.0 Å². The summed E-state index contributed by atoms with van der Waals surface area (Å²) in [6.45, 7) is 7.56. The first-order valence-corrected chi connectivity index (χ1v) is 9.88. The molecular weight excluding hydrogens is 367 g/mol. The van der Waals surface area contributed by atoms with Crippen LogP contribution in [-0.2, 0) is 9.59 Å². The lowest BCUT2D eigenvalue weighted by Crippen LogP contribution is -2.26. The lowest BCUT2D eigenvalue weighted by Gasteiger charge is -2.14. The van der Waals surface area contributed by atoms with Crippen molar-refractivity contribution in [1.29, 1.82) is 0 Å². The number of nitrogens with one attached hydrogen (secondary N) is 2. The van der Waals surface area contributed by atoms with Gasteiger partial charge in [-0.15, -0.1) is 10.2 Å². The Balaban J connectivity index is 0.00000176. The van der Waals surface area contributed by atoms with Gasteiger partial charge in [0.15, 0.2) is 0 Å². The molecule has 27 heavy (non-hydrogen) atoms. The topological polar surface area (TPSA) is 84.0 Å². The maximum absolute atomic E-state index is 13.0. The fourth-order valence-electron chi connectivity index (χ4n) is 2.33. The zero-order chi connectivity index (χ0) is 20.2. The van der Waals surface area contributed by atoms with E-state index in [2.05, 4.69) is 20.8 Å². The average Bonchev–Trinajstić information content (AvgIpc) is 3.12. The second-order valence-corrected chi connectivity index (χ2v) is 6.69. The van der Waals surface area contributed by atoms with Crippen molar-refractivity contribution in [3.8, 4) is 10.6 Å². The molecule has 8 heteroatoms. The molecule has 1 heterocycles. The number of benzene rings is 1. The highest BCUT2D eigenvalue weighted by Gasteiger charge is 2.18. The Hall–Kier alpha value is -2.35. The Morgan fingerprint density at radius 3 is 2.33 bits per heavy atom. The van der Waals surface area contributed by atoms with Gasteiger partial charge in [0.25, 0.3) is 0 Å². The van der Waals surface area contributed by atoms with Gasteiger partial charge in [0.2, 0.25) is 11.8 Å². The van der Waals surface area contributed by atoms with Crippen molar-refractivity contribution in [2.24, 2.45) is 0 Å². The van der Waals surface area contributed by atoms with E-state index in [1.165, 1.54) is 37.3 Å². The fraction of sp³-hybridized carbons (Fsp3) is 0.474. The second kappa shape index (κ2) is 12.1. The van der Waals surface area contributed by atoms with Crippen LogP contribution in [0.4, 0.5) is 4.39 Å². The molecule has 0 bridgehead atoms. The van der Waals surface area contributed by atoms with Crippen molar-refractivity contribution in [2.75, 3.05) is 6.54 Å². The Morgan fingerprint density at radius 2 is 1.74 bits per heavy atom. The van der Waals surface area contributed by atoms with Gasteiger partial charge in [-0.2, -0.15) is 0 Å². The molecule has 0 saturated carbocycles. The smallest absolute Gasteiger partial charge is 0.217 e. The number of amides is 2. The molecule has 0 radical (unpaired) electrons. The van der Waals surface area contributed by atoms with Gasteiger partial charge in [-0.1, -0.05) is 25.2 Å². The largest absolute Gasteiger partial charge is 0.356 e. The lowest BCUT2D eigenvalue weighted by molar-refractivity contribution is -0.120. The number of carbonyl (C=O) groups excluding carboxylic acids is 2. The van der Waals surface area contributed by atoms with Crippen LogP contribution < -0.4 is 10.6 Å². The van der Waals surface area contributed by atoms with E-state index in [0.29, 0.717) is 23.0 Å².